The van der Waals surface area contributed by atoms with Crippen LogP contribution in [0.3, 0.4) is 0 Å². The van der Waals surface area contributed by atoms with E-state index in [-0.39, 0.29) is 24.0 Å². The summed E-state index contributed by atoms with van der Waals surface area (Å²) in [7, 11) is 0. The topological polar surface area (TPSA) is 41.4 Å². The number of hydrogen-bond donors (Lipinski definition) is 2. The van der Waals surface area contributed by atoms with Crippen LogP contribution in [0.1, 0.15) is 26.2 Å². The fourth-order valence-electron chi connectivity index (χ4n) is 1.93. The van der Waals surface area contributed by atoms with Crippen molar-refractivity contribution in [2.24, 2.45) is 10.9 Å². The molecule has 5 heteroatoms. The first-order chi connectivity index (χ1) is 8.88. The van der Waals surface area contributed by atoms with Crippen molar-refractivity contribution in [3.63, 3.8) is 0 Å². The van der Waals surface area contributed by atoms with Gasteiger partial charge in [-0.2, -0.15) is 0 Å². The molecule has 1 aliphatic carbocycles. The quantitative estimate of drug-likeness (QED) is 0.436. The Labute approximate surface area is 133 Å². The maximum atomic E-state index is 4.60. The van der Waals surface area contributed by atoms with Crippen LogP contribution in [0.5, 0.6) is 0 Å². The molecule has 0 bridgehead atoms. The van der Waals surface area contributed by atoms with Crippen LogP contribution in [-0.4, -0.2) is 30.2 Å². The van der Waals surface area contributed by atoms with Gasteiger partial charge in [-0.15, -0.1) is 24.0 Å². The summed E-state index contributed by atoms with van der Waals surface area (Å²) >= 11 is 0. The number of guanidine groups is 1. The number of halogens is 1. The molecule has 108 valence electrons. The van der Waals surface area contributed by atoms with Crippen LogP contribution in [0.25, 0.3) is 0 Å². The van der Waals surface area contributed by atoms with Crippen molar-refractivity contribution in [3.8, 4) is 0 Å². The van der Waals surface area contributed by atoms with Crippen LogP contribution < -0.4 is 10.6 Å². The summed E-state index contributed by atoms with van der Waals surface area (Å²) in [5.41, 5.74) is 0. The largest absolute Gasteiger partial charge is 0.357 e. The molecule has 0 spiro atoms. The summed E-state index contributed by atoms with van der Waals surface area (Å²) < 4.78 is 2.17. The molecule has 1 heterocycles. The highest BCUT2D eigenvalue weighted by atomic mass is 127. The summed E-state index contributed by atoms with van der Waals surface area (Å²) in [5.74, 6) is 1.90. The molecule has 0 unspecified atom stereocenters. The number of aliphatic imine (C=N–C) groups is 1. The van der Waals surface area contributed by atoms with E-state index in [9.17, 15) is 0 Å². The van der Waals surface area contributed by atoms with E-state index in [4.69, 9.17) is 0 Å². The van der Waals surface area contributed by atoms with Gasteiger partial charge in [0.25, 0.3) is 0 Å². The van der Waals surface area contributed by atoms with Gasteiger partial charge in [-0.05, 0) is 31.4 Å². The second kappa shape index (κ2) is 9.23. The van der Waals surface area contributed by atoms with Crippen LogP contribution >= 0.6 is 24.0 Å². The molecule has 0 amide bonds. The molecule has 4 nitrogen and oxygen atoms in total. The zero-order chi connectivity index (χ0) is 12.6. The van der Waals surface area contributed by atoms with Crippen LogP contribution in [0.2, 0.25) is 0 Å². The minimum atomic E-state index is 0. The van der Waals surface area contributed by atoms with E-state index in [1.807, 2.05) is 0 Å². The van der Waals surface area contributed by atoms with E-state index >= 15 is 0 Å². The van der Waals surface area contributed by atoms with Gasteiger partial charge in [0.1, 0.15) is 0 Å². The van der Waals surface area contributed by atoms with Gasteiger partial charge in [0.05, 0.1) is 0 Å². The molecule has 1 aliphatic rings. The maximum Gasteiger partial charge on any atom is 0.191 e. The van der Waals surface area contributed by atoms with E-state index in [0.29, 0.717) is 0 Å². The van der Waals surface area contributed by atoms with Crippen molar-refractivity contribution in [2.75, 3.05) is 19.6 Å². The Morgan fingerprint density at radius 1 is 1.26 bits per heavy atom. The van der Waals surface area contributed by atoms with Crippen molar-refractivity contribution < 1.29 is 0 Å². The van der Waals surface area contributed by atoms with E-state index in [2.05, 4.69) is 51.6 Å². The first-order valence-electron chi connectivity index (χ1n) is 7.01. The Kier molecular flexibility index (Phi) is 7.93. The number of nitrogens with one attached hydrogen (secondary N) is 2. The molecule has 0 atom stereocenters. The third kappa shape index (κ3) is 6.84. The van der Waals surface area contributed by atoms with Crippen LogP contribution in [-0.2, 0) is 6.54 Å². The molecule has 2 rings (SSSR count). The first kappa shape index (κ1) is 16.3. The highest BCUT2D eigenvalue weighted by molar-refractivity contribution is 14.0. The standard InChI is InChI=1S/C14H24N4.HI/c1-2-15-14(16-8-7-13-5-6-13)17-9-12-18-10-3-4-11-18;/h3-4,10-11,13H,2,5-9,12H2,1H3,(H2,15,16,17);1H. The van der Waals surface area contributed by atoms with Crippen LogP contribution in [0.15, 0.2) is 29.5 Å². The lowest BCUT2D eigenvalue weighted by Gasteiger charge is -2.11. The molecule has 0 aliphatic heterocycles. The van der Waals surface area contributed by atoms with Gasteiger partial charge >= 0.3 is 0 Å². The van der Waals surface area contributed by atoms with Crippen LogP contribution in [0, 0.1) is 5.92 Å². The van der Waals surface area contributed by atoms with Gasteiger partial charge in [-0.1, -0.05) is 12.8 Å². The zero-order valence-electron chi connectivity index (χ0n) is 11.6. The molecule has 1 aromatic heterocycles. The van der Waals surface area contributed by atoms with Crippen molar-refractivity contribution in [3.05, 3.63) is 24.5 Å². The first-order valence-corrected chi connectivity index (χ1v) is 7.01. The Hall–Kier alpha value is -0.720. The molecular weight excluding hydrogens is 351 g/mol. The molecule has 1 saturated carbocycles. The van der Waals surface area contributed by atoms with Gasteiger partial charge in [0.15, 0.2) is 5.96 Å². The van der Waals surface area contributed by atoms with E-state index in [1.54, 1.807) is 0 Å². The summed E-state index contributed by atoms with van der Waals surface area (Å²) in [6.45, 7) is 5.84. The van der Waals surface area contributed by atoms with Crippen molar-refractivity contribution >= 4 is 29.9 Å². The highest BCUT2D eigenvalue weighted by Gasteiger charge is 2.20. The van der Waals surface area contributed by atoms with Gasteiger partial charge in [-0.3, -0.25) is 4.99 Å². The normalized spacial score (nSPS) is 14.9. The van der Waals surface area contributed by atoms with E-state index in [0.717, 1.165) is 38.1 Å². The fourth-order valence-corrected chi connectivity index (χ4v) is 1.93. The predicted octanol–water partition coefficient (Wildman–Crippen LogP) is 2.46. The van der Waals surface area contributed by atoms with E-state index < -0.39 is 0 Å². The molecule has 19 heavy (non-hydrogen) atoms. The van der Waals surface area contributed by atoms with Crippen molar-refractivity contribution in [1.82, 2.24) is 15.2 Å². The molecule has 2 N–H and O–H groups in total. The fraction of sp³-hybridized carbons (Fsp3) is 0.643. The third-order valence-corrected chi connectivity index (χ3v) is 3.18. The molecular formula is C14H25IN4. The Balaban J connectivity index is 0.00000180. The summed E-state index contributed by atoms with van der Waals surface area (Å²) in [6.07, 6.45) is 8.23. The van der Waals surface area contributed by atoms with Gasteiger partial charge in [0.2, 0.25) is 0 Å². The molecule has 0 aromatic carbocycles. The van der Waals surface area contributed by atoms with Crippen LogP contribution in [0.4, 0.5) is 0 Å². The summed E-state index contributed by atoms with van der Waals surface area (Å²) in [6, 6.07) is 4.10. The second-order valence-electron chi connectivity index (χ2n) is 4.84. The minimum Gasteiger partial charge on any atom is -0.357 e. The number of nitrogens with zero attached hydrogens (tertiary/aromatic N) is 2. The molecule has 1 aromatic rings. The molecule has 0 saturated heterocycles. The second-order valence-corrected chi connectivity index (χ2v) is 4.84. The molecule has 0 radical (unpaired) electrons. The highest BCUT2D eigenvalue weighted by Crippen LogP contribution is 2.31. The summed E-state index contributed by atoms with van der Waals surface area (Å²) in [5, 5.41) is 6.66. The number of hydrogen-bond acceptors (Lipinski definition) is 1. The van der Waals surface area contributed by atoms with Gasteiger partial charge in [-0.25, -0.2) is 0 Å². The number of rotatable bonds is 7. The third-order valence-electron chi connectivity index (χ3n) is 3.18. The monoisotopic (exact) mass is 376 g/mol. The van der Waals surface area contributed by atoms with Gasteiger partial charge < -0.3 is 15.2 Å². The number of aromatic nitrogens is 1. The Bertz CT molecular complexity index is 358. The lowest BCUT2D eigenvalue weighted by atomic mass is 10.3. The minimum absolute atomic E-state index is 0. The Morgan fingerprint density at radius 2 is 2.00 bits per heavy atom. The van der Waals surface area contributed by atoms with Crippen molar-refractivity contribution in [2.45, 2.75) is 32.7 Å². The van der Waals surface area contributed by atoms with Crippen molar-refractivity contribution in [1.29, 1.82) is 0 Å². The van der Waals surface area contributed by atoms with E-state index in [1.165, 1.54) is 19.3 Å². The average molecular weight is 376 g/mol. The zero-order valence-corrected chi connectivity index (χ0v) is 14.0. The summed E-state index contributed by atoms with van der Waals surface area (Å²) in [4.78, 5) is 4.60. The Morgan fingerprint density at radius 3 is 2.63 bits per heavy atom. The van der Waals surface area contributed by atoms with Gasteiger partial charge in [0, 0.05) is 38.6 Å². The smallest absolute Gasteiger partial charge is 0.191 e. The molecule has 1 fully saturated rings. The predicted molar refractivity (Wildman–Crippen MR) is 91.2 cm³/mol. The average Bonchev–Trinajstić information content (AvgIpc) is 3.04. The lowest BCUT2D eigenvalue weighted by Crippen LogP contribution is -2.38. The lowest BCUT2D eigenvalue weighted by molar-refractivity contribution is 0.662. The maximum absolute atomic E-state index is 4.60. The SMILES string of the molecule is CCNC(=NCCC1CC1)NCCn1cccc1.I.